The molecule has 80 valence electrons. The zero-order chi connectivity index (χ0) is 9.36. The van der Waals surface area contributed by atoms with Crippen LogP contribution >= 0.6 is 0 Å². The fourth-order valence-corrected chi connectivity index (χ4v) is 1.42. The van der Waals surface area contributed by atoms with Crippen LogP contribution in [0.4, 0.5) is 0 Å². The van der Waals surface area contributed by atoms with Crippen LogP contribution in [0.25, 0.3) is 0 Å². The molecule has 0 aliphatic heterocycles. The molecule has 0 atom stereocenters. The molecular formula is C12H20ClN. The van der Waals surface area contributed by atoms with E-state index in [1.165, 1.54) is 31.4 Å². The number of quaternary nitrogens is 1. The molecule has 14 heavy (non-hydrogen) atoms. The Morgan fingerprint density at radius 2 is 1.79 bits per heavy atom. The van der Waals surface area contributed by atoms with Crippen molar-refractivity contribution < 1.29 is 17.7 Å². The van der Waals surface area contributed by atoms with E-state index < -0.39 is 0 Å². The molecule has 0 fully saturated rings. The van der Waals surface area contributed by atoms with Crippen molar-refractivity contribution in [2.75, 3.05) is 6.54 Å². The Hall–Kier alpha value is -0.530. The van der Waals surface area contributed by atoms with Crippen molar-refractivity contribution in [3.63, 3.8) is 0 Å². The summed E-state index contributed by atoms with van der Waals surface area (Å²) < 4.78 is 0. The van der Waals surface area contributed by atoms with E-state index in [0.29, 0.717) is 0 Å². The van der Waals surface area contributed by atoms with E-state index in [0.717, 1.165) is 6.54 Å². The van der Waals surface area contributed by atoms with Gasteiger partial charge in [-0.15, -0.1) is 0 Å². The number of hydrogen-bond acceptors (Lipinski definition) is 0. The van der Waals surface area contributed by atoms with Crippen LogP contribution in [0.15, 0.2) is 30.3 Å². The lowest BCUT2D eigenvalue weighted by Gasteiger charge is -2.00. The van der Waals surface area contributed by atoms with Crippen molar-refractivity contribution in [2.24, 2.45) is 0 Å². The third-order valence-electron chi connectivity index (χ3n) is 2.23. The largest absolute Gasteiger partial charge is 1.00 e. The molecule has 0 bridgehead atoms. The average Bonchev–Trinajstić information content (AvgIpc) is 2.19. The van der Waals surface area contributed by atoms with Gasteiger partial charge in [0, 0.05) is 5.56 Å². The summed E-state index contributed by atoms with van der Waals surface area (Å²) in [7, 11) is 0. The summed E-state index contributed by atoms with van der Waals surface area (Å²) in [6.45, 7) is 4.64. The molecule has 0 radical (unpaired) electrons. The molecule has 0 aromatic heterocycles. The highest BCUT2D eigenvalue weighted by Crippen LogP contribution is 1.94. The summed E-state index contributed by atoms with van der Waals surface area (Å²) in [4.78, 5) is 0. The SMILES string of the molecule is CCCCC[NH2+]Cc1ccccc1.[Cl-]. The molecule has 0 heterocycles. The lowest BCUT2D eigenvalue weighted by Crippen LogP contribution is -3.00. The van der Waals surface area contributed by atoms with Crippen molar-refractivity contribution in [1.29, 1.82) is 0 Å². The van der Waals surface area contributed by atoms with E-state index >= 15 is 0 Å². The Bertz CT molecular complexity index is 211. The third-order valence-corrected chi connectivity index (χ3v) is 2.23. The minimum absolute atomic E-state index is 0. The fourth-order valence-electron chi connectivity index (χ4n) is 1.42. The summed E-state index contributed by atoms with van der Waals surface area (Å²) in [5.41, 5.74) is 1.43. The van der Waals surface area contributed by atoms with Gasteiger partial charge in [0.05, 0.1) is 6.54 Å². The van der Waals surface area contributed by atoms with Crippen molar-refractivity contribution in [1.82, 2.24) is 0 Å². The summed E-state index contributed by atoms with van der Waals surface area (Å²) in [6.07, 6.45) is 4.04. The van der Waals surface area contributed by atoms with Crippen molar-refractivity contribution in [2.45, 2.75) is 32.7 Å². The predicted octanol–water partition coefficient (Wildman–Crippen LogP) is -1.06. The van der Waals surface area contributed by atoms with Crippen LogP contribution in [-0.4, -0.2) is 6.54 Å². The Morgan fingerprint density at radius 3 is 2.43 bits per heavy atom. The van der Waals surface area contributed by atoms with E-state index in [1.54, 1.807) is 0 Å². The molecule has 2 N–H and O–H groups in total. The number of rotatable bonds is 6. The molecule has 1 rings (SSSR count). The molecule has 0 spiro atoms. The molecule has 0 saturated heterocycles. The van der Waals surface area contributed by atoms with Gasteiger partial charge in [-0.25, -0.2) is 0 Å². The lowest BCUT2D eigenvalue weighted by molar-refractivity contribution is -0.671. The second-order valence-corrected chi connectivity index (χ2v) is 3.47. The first-order valence-electron chi connectivity index (χ1n) is 5.29. The summed E-state index contributed by atoms with van der Waals surface area (Å²) in [5.74, 6) is 0. The number of hydrogen-bond donors (Lipinski definition) is 1. The Morgan fingerprint density at radius 1 is 1.07 bits per heavy atom. The first kappa shape index (κ1) is 13.5. The van der Waals surface area contributed by atoms with E-state index in [-0.39, 0.29) is 12.4 Å². The van der Waals surface area contributed by atoms with Crippen molar-refractivity contribution in [3.05, 3.63) is 35.9 Å². The second kappa shape index (κ2) is 9.04. The highest BCUT2D eigenvalue weighted by Gasteiger charge is 1.93. The van der Waals surface area contributed by atoms with Crippen LogP contribution < -0.4 is 17.7 Å². The van der Waals surface area contributed by atoms with Crippen LogP contribution in [0.1, 0.15) is 31.7 Å². The molecule has 0 amide bonds. The standard InChI is InChI=1S/C12H19N.ClH/c1-2-3-7-10-13-11-12-8-5-4-6-9-12;/h4-6,8-9,13H,2-3,7,10-11H2,1H3;1H. The molecule has 0 aliphatic carbocycles. The highest BCUT2D eigenvalue weighted by atomic mass is 35.5. The van der Waals surface area contributed by atoms with Crippen LogP contribution in [0, 0.1) is 0 Å². The van der Waals surface area contributed by atoms with Gasteiger partial charge in [-0.3, -0.25) is 0 Å². The quantitative estimate of drug-likeness (QED) is 0.581. The minimum Gasteiger partial charge on any atom is -1.00 e. The molecular weight excluding hydrogens is 194 g/mol. The zero-order valence-electron chi connectivity index (χ0n) is 8.88. The Labute approximate surface area is 93.3 Å². The van der Waals surface area contributed by atoms with E-state index in [4.69, 9.17) is 0 Å². The van der Waals surface area contributed by atoms with Crippen LogP contribution in [0.3, 0.4) is 0 Å². The van der Waals surface area contributed by atoms with Gasteiger partial charge in [-0.1, -0.05) is 43.7 Å². The Kier molecular flexibility index (Phi) is 8.70. The van der Waals surface area contributed by atoms with Gasteiger partial charge in [-0.05, 0) is 12.8 Å². The van der Waals surface area contributed by atoms with Gasteiger partial charge in [0.2, 0.25) is 0 Å². The number of unbranched alkanes of at least 4 members (excludes halogenated alkanes) is 2. The van der Waals surface area contributed by atoms with E-state index in [9.17, 15) is 0 Å². The highest BCUT2D eigenvalue weighted by molar-refractivity contribution is 5.12. The molecule has 2 heteroatoms. The fraction of sp³-hybridized carbons (Fsp3) is 0.500. The molecule has 1 aromatic carbocycles. The van der Waals surface area contributed by atoms with Gasteiger partial charge in [0.25, 0.3) is 0 Å². The maximum Gasteiger partial charge on any atom is 0.101 e. The lowest BCUT2D eigenvalue weighted by atomic mass is 10.2. The second-order valence-electron chi connectivity index (χ2n) is 3.47. The summed E-state index contributed by atoms with van der Waals surface area (Å²) in [6, 6.07) is 10.7. The smallest absolute Gasteiger partial charge is 0.101 e. The topological polar surface area (TPSA) is 16.6 Å². The average molecular weight is 214 g/mol. The number of halogens is 1. The van der Waals surface area contributed by atoms with Gasteiger partial charge >= 0.3 is 0 Å². The van der Waals surface area contributed by atoms with Crippen molar-refractivity contribution in [3.8, 4) is 0 Å². The van der Waals surface area contributed by atoms with Crippen LogP contribution in [0.5, 0.6) is 0 Å². The third kappa shape index (κ3) is 6.01. The molecule has 0 saturated carbocycles. The van der Waals surface area contributed by atoms with Gasteiger partial charge in [0.1, 0.15) is 6.54 Å². The maximum absolute atomic E-state index is 2.39. The monoisotopic (exact) mass is 213 g/mol. The number of nitrogens with two attached hydrogens (primary N) is 1. The van der Waals surface area contributed by atoms with Crippen LogP contribution in [-0.2, 0) is 6.54 Å². The number of benzene rings is 1. The molecule has 0 aliphatic rings. The summed E-state index contributed by atoms with van der Waals surface area (Å²) in [5, 5.41) is 2.39. The molecule has 0 unspecified atom stereocenters. The molecule has 1 nitrogen and oxygen atoms in total. The van der Waals surface area contributed by atoms with E-state index in [2.05, 4.69) is 42.6 Å². The normalized spacial score (nSPS) is 9.50. The maximum atomic E-state index is 2.39. The van der Waals surface area contributed by atoms with Crippen LogP contribution in [0.2, 0.25) is 0 Å². The molecule has 1 aromatic rings. The van der Waals surface area contributed by atoms with Gasteiger partial charge < -0.3 is 17.7 Å². The Balaban J connectivity index is 0.00000169. The predicted molar refractivity (Wildman–Crippen MR) is 56.5 cm³/mol. The van der Waals surface area contributed by atoms with Gasteiger partial charge in [0.15, 0.2) is 0 Å². The van der Waals surface area contributed by atoms with Gasteiger partial charge in [-0.2, -0.15) is 0 Å². The zero-order valence-corrected chi connectivity index (χ0v) is 9.63. The summed E-state index contributed by atoms with van der Waals surface area (Å²) >= 11 is 0. The minimum atomic E-state index is 0. The first-order valence-corrected chi connectivity index (χ1v) is 5.29. The van der Waals surface area contributed by atoms with Crippen molar-refractivity contribution >= 4 is 0 Å². The van der Waals surface area contributed by atoms with E-state index in [1.807, 2.05) is 0 Å². The first-order chi connectivity index (χ1) is 6.43.